The lowest BCUT2D eigenvalue weighted by atomic mass is 9.82. The number of hydrogen-bond acceptors (Lipinski definition) is 4. The molecule has 3 N–H and O–H groups in total. The van der Waals surface area contributed by atoms with E-state index in [1.165, 1.54) is 13.0 Å². The van der Waals surface area contributed by atoms with Crippen LogP contribution in [0.25, 0.3) is 11.1 Å². The van der Waals surface area contributed by atoms with Crippen molar-refractivity contribution >= 4 is 23.7 Å². The molecule has 8 heteroatoms. The van der Waals surface area contributed by atoms with E-state index in [0.717, 1.165) is 0 Å². The number of carbonyl (C=O) groups is 2. The lowest BCUT2D eigenvalue weighted by Gasteiger charge is -2.30. The predicted octanol–water partition coefficient (Wildman–Crippen LogP) is 5.06. The van der Waals surface area contributed by atoms with Crippen molar-refractivity contribution in [3.05, 3.63) is 58.9 Å². The highest BCUT2D eigenvalue weighted by atomic mass is 35.5. The van der Waals surface area contributed by atoms with Crippen LogP contribution >= 0.6 is 11.6 Å². The van der Waals surface area contributed by atoms with Gasteiger partial charge in [-0.05, 0) is 63.8 Å². The number of hydrogen-bond donors (Lipinski definition) is 3. The van der Waals surface area contributed by atoms with Crippen molar-refractivity contribution in [1.82, 2.24) is 5.32 Å². The number of aliphatic hydroxyl groups excluding tert-OH is 1. The van der Waals surface area contributed by atoms with Crippen molar-refractivity contribution in [3.8, 4) is 11.1 Å². The first-order chi connectivity index (χ1) is 14.8. The van der Waals surface area contributed by atoms with Gasteiger partial charge in [-0.25, -0.2) is 9.18 Å². The third-order valence-corrected chi connectivity index (χ3v) is 5.34. The molecule has 6 nitrogen and oxygen atoms in total. The minimum atomic E-state index is -1.47. The van der Waals surface area contributed by atoms with E-state index >= 15 is 0 Å². The summed E-state index contributed by atoms with van der Waals surface area (Å²) in [5.41, 5.74) is -0.569. The molecule has 2 aromatic carbocycles. The molecule has 1 amide bonds. The number of rotatable bonds is 8. The van der Waals surface area contributed by atoms with E-state index in [-0.39, 0.29) is 18.7 Å². The molecule has 0 aliphatic rings. The van der Waals surface area contributed by atoms with E-state index in [2.05, 4.69) is 5.32 Å². The third-order valence-electron chi connectivity index (χ3n) is 4.99. The Morgan fingerprint density at radius 2 is 1.81 bits per heavy atom. The molecular weight excluding hydrogens is 437 g/mol. The van der Waals surface area contributed by atoms with E-state index in [4.69, 9.17) is 16.3 Å². The highest BCUT2D eigenvalue weighted by molar-refractivity contribution is 6.31. The Kier molecular flexibility index (Phi) is 8.26. The number of amides is 1. The van der Waals surface area contributed by atoms with E-state index in [9.17, 15) is 24.2 Å². The molecule has 0 saturated carbocycles. The van der Waals surface area contributed by atoms with Gasteiger partial charge in [-0.3, -0.25) is 4.79 Å². The lowest BCUT2D eigenvalue weighted by Crippen LogP contribution is -2.45. The zero-order valence-corrected chi connectivity index (χ0v) is 19.4. The summed E-state index contributed by atoms with van der Waals surface area (Å²) >= 11 is 6.45. The average molecular weight is 466 g/mol. The molecule has 0 unspecified atom stereocenters. The molecule has 0 spiro atoms. The zero-order chi connectivity index (χ0) is 24.1. The second-order valence-electron chi connectivity index (χ2n) is 9.06. The molecule has 0 fully saturated rings. The number of aliphatic carboxylic acids is 1. The summed E-state index contributed by atoms with van der Waals surface area (Å²) in [6.07, 6.45) is -0.561. The van der Waals surface area contributed by atoms with Crippen LogP contribution in [0.2, 0.25) is 5.02 Å². The summed E-state index contributed by atoms with van der Waals surface area (Å²) in [7, 11) is 0. The normalized spacial score (nSPS) is 14.3. The summed E-state index contributed by atoms with van der Waals surface area (Å²) in [4.78, 5) is 24.0. The molecule has 0 aliphatic heterocycles. The smallest absolute Gasteiger partial charge is 0.407 e. The Morgan fingerprint density at radius 1 is 1.16 bits per heavy atom. The van der Waals surface area contributed by atoms with Crippen molar-refractivity contribution in [2.24, 2.45) is 5.41 Å². The van der Waals surface area contributed by atoms with E-state index in [0.29, 0.717) is 21.7 Å². The Bertz CT molecular complexity index is 975. The Labute approximate surface area is 192 Å². The molecule has 0 aliphatic carbocycles. The largest absolute Gasteiger partial charge is 0.481 e. The van der Waals surface area contributed by atoms with Gasteiger partial charge in [-0.15, -0.1) is 0 Å². The molecular formula is C24H29ClFNO5. The lowest BCUT2D eigenvalue weighted by molar-refractivity contribution is -0.151. The third kappa shape index (κ3) is 6.93. The SMILES string of the molecule is CC(C)(C)OC(=O)N[C@@H](Cc1ccc(-c2ccccc2F)cc1Cl)C[C@@](C)(CO)C(=O)O. The maximum atomic E-state index is 14.1. The molecule has 0 saturated heterocycles. The van der Waals surface area contributed by atoms with Crippen molar-refractivity contribution < 1.29 is 28.9 Å². The summed E-state index contributed by atoms with van der Waals surface area (Å²) < 4.78 is 19.4. The van der Waals surface area contributed by atoms with Gasteiger partial charge in [0, 0.05) is 16.6 Å². The van der Waals surface area contributed by atoms with Crippen molar-refractivity contribution in [2.75, 3.05) is 6.61 Å². The van der Waals surface area contributed by atoms with Gasteiger partial charge in [0.25, 0.3) is 0 Å². The number of benzene rings is 2. The van der Waals surface area contributed by atoms with Gasteiger partial charge in [0.05, 0.1) is 12.0 Å². The van der Waals surface area contributed by atoms with Crippen molar-refractivity contribution in [1.29, 1.82) is 0 Å². The number of halogens is 2. The number of carboxylic acids is 1. The van der Waals surface area contributed by atoms with Crippen LogP contribution in [-0.2, 0) is 16.0 Å². The van der Waals surface area contributed by atoms with Crippen LogP contribution in [0.1, 0.15) is 39.7 Å². The quantitative estimate of drug-likeness (QED) is 0.506. The first-order valence-electron chi connectivity index (χ1n) is 10.2. The predicted molar refractivity (Wildman–Crippen MR) is 121 cm³/mol. The Morgan fingerprint density at radius 3 is 2.34 bits per heavy atom. The van der Waals surface area contributed by atoms with E-state index in [1.807, 2.05) is 0 Å². The first-order valence-corrected chi connectivity index (χ1v) is 10.6. The van der Waals surface area contributed by atoms with Gasteiger partial charge in [0.15, 0.2) is 0 Å². The summed E-state index contributed by atoms with van der Waals surface area (Å²) in [6, 6.07) is 10.7. The van der Waals surface area contributed by atoms with Crippen molar-refractivity contribution in [3.63, 3.8) is 0 Å². The summed E-state index contributed by atoms with van der Waals surface area (Å²) in [5.74, 6) is -1.56. The highest BCUT2D eigenvalue weighted by Crippen LogP contribution is 2.30. The zero-order valence-electron chi connectivity index (χ0n) is 18.6. The van der Waals surface area contributed by atoms with Crippen LogP contribution in [0.4, 0.5) is 9.18 Å². The highest BCUT2D eigenvalue weighted by Gasteiger charge is 2.36. The van der Waals surface area contributed by atoms with Gasteiger partial charge in [-0.2, -0.15) is 0 Å². The minimum absolute atomic E-state index is 0.0521. The first kappa shape index (κ1) is 25.6. The number of carboxylic acid groups (broad SMARTS) is 1. The molecule has 0 radical (unpaired) electrons. The topological polar surface area (TPSA) is 95.9 Å². The van der Waals surface area contributed by atoms with E-state index in [1.54, 1.807) is 57.2 Å². The molecule has 2 rings (SSSR count). The number of aliphatic hydroxyl groups is 1. The molecule has 2 aromatic rings. The minimum Gasteiger partial charge on any atom is -0.481 e. The molecule has 0 aromatic heterocycles. The average Bonchev–Trinajstić information content (AvgIpc) is 2.68. The van der Waals surface area contributed by atoms with Crippen LogP contribution < -0.4 is 5.32 Å². The standard InChI is InChI=1S/C24H29ClFNO5/c1-23(2,3)32-22(31)27-17(13-24(4,14-28)21(29)30)11-16-10-9-15(12-19(16)25)18-7-5-6-8-20(18)26/h5-10,12,17,28H,11,13-14H2,1-4H3,(H,27,31)(H,29,30)/t17-,24-/m0/s1. The van der Waals surface area contributed by atoms with Crippen LogP contribution in [0.3, 0.4) is 0 Å². The second kappa shape index (κ2) is 10.3. The van der Waals surface area contributed by atoms with Gasteiger partial charge in [-0.1, -0.05) is 41.9 Å². The van der Waals surface area contributed by atoms with Crippen LogP contribution in [0.5, 0.6) is 0 Å². The molecule has 174 valence electrons. The molecule has 2 atom stereocenters. The van der Waals surface area contributed by atoms with Gasteiger partial charge < -0.3 is 20.3 Å². The molecule has 32 heavy (non-hydrogen) atoms. The van der Waals surface area contributed by atoms with Crippen molar-refractivity contribution in [2.45, 2.75) is 52.2 Å². The van der Waals surface area contributed by atoms with Gasteiger partial charge >= 0.3 is 12.1 Å². The van der Waals surface area contributed by atoms with E-state index < -0.39 is 35.7 Å². The van der Waals surface area contributed by atoms with Gasteiger partial charge in [0.1, 0.15) is 11.4 Å². The number of nitrogens with one attached hydrogen (secondary N) is 1. The Hall–Kier alpha value is -2.64. The maximum absolute atomic E-state index is 14.1. The second-order valence-corrected chi connectivity index (χ2v) is 9.47. The molecule has 0 heterocycles. The maximum Gasteiger partial charge on any atom is 0.407 e. The summed E-state index contributed by atoms with van der Waals surface area (Å²) in [6.45, 7) is 5.95. The van der Waals surface area contributed by atoms with Gasteiger partial charge in [0.2, 0.25) is 0 Å². The van der Waals surface area contributed by atoms with Crippen LogP contribution in [0.15, 0.2) is 42.5 Å². The summed E-state index contributed by atoms with van der Waals surface area (Å²) in [5, 5.41) is 22.2. The molecule has 0 bridgehead atoms. The number of carbonyl (C=O) groups excluding carboxylic acids is 1. The van der Waals surface area contributed by atoms with Crippen LogP contribution in [0, 0.1) is 11.2 Å². The monoisotopic (exact) mass is 465 g/mol. The Balaban J connectivity index is 2.30. The number of alkyl carbamates (subject to hydrolysis) is 1. The fourth-order valence-electron chi connectivity index (χ4n) is 3.25. The van der Waals surface area contributed by atoms with Crippen LogP contribution in [-0.4, -0.2) is 40.5 Å². The fraction of sp³-hybridized carbons (Fsp3) is 0.417. The number of ether oxygens (including phenoxy) is 1. The fourth-order valence-corrected chi connectivity index (χ4v) is 3.51.